The number of rotatable bonds is 5. The predicted octanol–water partition coefficient (Wildman–Crippen LogP) is -0.256. The fraction of sp³-hybridized carbons (Fsp3) is 0.857. The summed E-state index contributed by atoms with van der Waals surface area (Å²) in [7, 11) is -3.63. The second kappa shape index (κ2) is 4.99. The molecule has 2 N–H and O–H groups in total. The minimum absolute atomic E-state index is 0.351. The molecule has 0 amide bonds. The van der Waals surface area contributed by atoms with Crippen molar-refractivity contribution in [3.63, 3.8) is 0 Å². The fourth-order valence-electron chi connectivity index (χ4n) is 1.20. The van der Waals surface area contributed by atoms with E-state index in [9.17, 15) is 13.2 Å². The van der Waals surface area contributed by atoms with Gasteiger partial charge in [0, 0.05) is 6.54 Å². The van der Waals surface area contributed by atoms with Gasteiger partial charge in [0.15, 0.2) is 5.75 Å². The van der Waals surface area contributed by atoms with Gasteiger partial charge in [-0.1, -0.05) is 0 Å². The molecule has 1 rings (SSSR count). The van der Waals surface area contributed by atoms with Gasteiger partial charge in [0.2, 0.25) is 10.0 Å². The molecule has 0 saturated carbocycles. The van der Waals surface area contributed by atoms with Gasteiger partial charge in [0.05, 0.1) is 0 Å². The lowest BCUT2D eigenvalue weighted by Crippen LogP contribution is -2.33. The van der Waals surface area contributed by atoms with E-state index in [4.69, 9.17) is 5.11 Å². The summed E-state index contributed by atoms with van der Waals surface area (Å²) in [6, 6.07) is 0. The number of carboxylic acids is 1. The molecule has 0 radical (unpaired) electrons. The third-order valence-corrected chi connectivity index (χ3v) is 4.39. The number of sulfonamides is 1. The Kier molecular flexibility index (Phi) is 4.21. The second-order valence-electron chi connectivity index (χ2n) is 3.23. The van der Waals surface area contributed by atoms with Crippen molar-refractivity contribution in [1.82, 2.24) is 4.72 Å². The summed E-state index contributed by atoms with van der Waals surface area (Å²) in [5.74, 6) is 0.204. The van der Waals surface area contributed by atoms with Crippen LogP contribution in [0.15, 0.2) is 0 Å². The smallest absolute Gasteiger partial charge is 0.320 e. The van der Waals surface area contributed by atoms with Gasteiger partial charge in [-0.15, -0.1) is 0 Å². The van der Waals surface area contributed by atoms with Crippen LogP contribution in [0.3, 0.4) is 0 Å². The molecular weight excluding hydrogens is 226 g/mol. The third kappa shape index (κ3) is 4.30. The Morgan fingerprint density at radius 2 is 2.29 bits per heavy atom. The number of nitrogens with one attached hydrogen (secondary N) is 1. The molecule has 1 heterocycles. The number of hydrogen-bond donors (Lipinski definition) is 2. The van der Waals surface area contributed by atoms with E-state index in [0.717, 1.165) is 17.9 Å². The Hall–Kier alpha value is -0.270. The van der Waals surface area contributed by atoms with E-state index in [0.29, 0.717) is 12.5 Å². The van der Waals surface area contributed by atoms with Crippen LogP contribution in [0.25, 0.3) is 0 Å². The van der Waals surface area contributed by atoms with Crippen molar-refractivity contribution in [3.05, 3.63) is 0 Å². The zero-order chi connectivity index (χ0) is 10.6. The predicted molar refractivity (Wildman–Crippen MR) is 54.9 cm³/mol. The molecule has 1 atom stereocenters. The molecule has 82 valence electrons. The van der Waals surface area contributed by atoms with Crippen LogP contribution >= 0.6 is 11.8 Å². The second-order valence-corrected chi connectivity index (χ2v) is 6.19. The molecule has 1 fully saturated rings. The first-order valence-corrected chi connectivity index (χ1v) is 7.07. The topological polar surface area (TPSA) is 83.5 Å². The van der Waals surface area contributed by atoms with Crippen LogP contribution in [-0.4, -0.2) is 43.3 Å². The van der Waals surface area contributed by atoms with Crippen LogP contribution in [0.1, 0.15) is 6.42 Å². The van der Waals surface area contributed by atoms with E-state index in [-0.39, 0.29) is 0 Å². The van der Waals surface area contributed by atoms with Gasteiger partial charge in [-0.25, -0.2) is 13.1 Å². The van der Waals surface area contributed by atoms with Gasteiger partial charge in [-0.3, -0.25) is 4.79 Å². The zero-order valence-electron chi connectivity index (χ0n) is 7.60. The van der Waals surface area contributed by atoms with E-state index in [1.165, 1.54) is 0 Å². The summed E-state index contributed by atoms with van der Waals surface area (Å²) in [5.41, 5.74) is 0. The van der Waals surface area contributed by atoms with Gasteiger partial charge in [0.1, 0.15) is 0 Å². The molecule has 0 bridgehead atoms. The van der Waals surface area contributed by atoms with E-state index >= 15 is 0 Å². The maximum Gasteiger partial charge on any atom is 0.320 e. The Labute approximate surface area is 87.3 Å². The maximum atomic E-state index is 11.1. The number of thioether (sulfide) groups is 1. The van der Waals surface area contributed by atoms with Crippen molar-refractivity contribution >= 4 is 27.8 Å². The first kappa shape index (κ1) is 11.8. The Bertz CT molecular complexity index is 295. The normalized spacial score (nSPS) is 22.4. The van der Waals surface area contributed by atoms with Gasteiger partial charge < -0.3 is 5.11 Å². The van der Waals surface area contributed by atoms with Gasteiger partial charge in [-0.2, -0.15) is 11.8 Å². The summed E-state index contributed by atoms with van der Waals surface area (Å²) in [5, 5.41) is 8.32. The molecule has 0 aliphatic carbocycles. The number of aliphatic carboxylic acids is 1. The van der Waals surface area contributed by atoms with Gasteiger partial charge in [-0.05, 0) is 23.8 Å². The quantitative estimate of drug-likeness (QED) is 0.691. The minimum Gasteiger partial charge on any atom is -0.480 e. The van der Waals surface area contributed by atoms with Crippen molar-refractivity contribution in [2.24, 2.45) is 5.92 Å². The molecule has 1 aliphatic heterocycles. The van der Waals surface area contributed by atoms with Crippen LogP contribution < -0.4 is 4.72 Å². The number of hydrogen-bond acceptors (Lipinski definition) is 4. The number of carboxylic acid groups (broad SMARTS) is 1. The highest BCUT2D eigenvalue weighted by atomic mass is 32.2. The summed E-state index contributed by atoms with van der Waals surface area (Å²) >= 11 is 1.80. The van der Waals surface area contributed by atoms with Crippen molar-refractivity contribution in [3.8, 4) is 0 Å². The molecule has 0 aromatic heterocycles. The SMILES string of the molecule is O=C(O)CS(=O)(=O)NCC1CCSC1. The summed E-state index contributed by atoms with van der Waals surface area (Å²) in [6.45, 7) is 0.364. The molecule has 5 nitrogen and oxygen atoms in total. The van der Waals surface area contributed by atoms with Gasteiger partial charge in [0.25, 0.3) is 0 Å². The average molecular weight is 239 g/mol. The maximum absolute atomic E-state index is 11.1. The lowest BCUT2D eigenvalue weighted by molar-refractivity contribution is -0.134. The van der Waals surface area contributed by atoms with E-state index in [1.54, 1.807) is 11.8 Å². The third-order valence-electron chi connectivity index (χ3n) is 1.93. The van der Waals surface area contributed by atoms with Crippen LogP contribution in [0.2, 0.25) is 0 Å². The van der Waals surface area contributed by atoms with E-state index < -0.39 is 21.7 Å². The minimum atomic E-state index is -3.63. The fourth-order valence-corrected chi connectivity index (χ4v) is 3.40. The molecule has 1 saturated heterocycles. The first-order valence-electron chi connectivity index (χ1n) is 4.26. The average Bonchev–Trinajstić information content (AvgIpc) is 2.50. The lowest BCUT2D eigenvalue weighted by atomic mass is 10.1. The van der Waals surface area contributed by atoms with E-state index in [2.05, 4.69) is 4.72 Å². The Morgan fingerprint density at radius 1 is 1.57 bits per heavy atom. The highest BCUT2D eigenvalue weighted by molar-refractivity contribution is 7.99. The summed E-state index contributed by atoms with van der Waals surface area (Å²) in [4.78, 5) is 10.2. The largest absolute Gasteiger partial charge is 0.480 e. The molecule has 0 spiro atoms. The van der Waals surface area contributed by atoms with E-state index in [1.807, 2.05) is 0 Å². The molecule has 0 aromatic rings. The van der Waals surface area contributed by atoms with Crippen molar-refractivity contribution in [1.29, 1.82) is 0 Å². The van der Waals surface area contributed by atoms with Crippen LogP contribution in [0.4, 0.5) is 0 Å². The molecule has 1 unspecified atom stereocenters. The lowest BCUT2D eigenvalue weighted by Gasteiger charge is -2.08. The first-order chi connectivity index (χ1) is 6.49. The van der Waals surface area contributed by atoms with Crippen LogP contribution in [0, 0.1) is 5.92 Å². The molecule has 1 aliphatic rings. The highest BCUT2D eigenvalue weighted by Crippen LogP contribution is 2.22. The van der Waals surface area contributed by atoms with Gasteiger partial charge >= 0.3 is 5.97 Å². The van der Waals surface area contributed by atoms with Crippen molar-refractivity contribution in [2.75, 3.05) is 23.8 Å². The summed E-state index contributed by atoms with van der Waals surface area (Å²) in [6.07, 6.45) is 1.00. The highest BCUT2D eigenvalue weighted by Gasteiger charge is 2.20. The number of carbonyl (C=O) groups is 1. The molecular formula is C7H13NO4S2. The molecule has 0 aromatic carbocycles. The van der Waals surface area contributed by atoms with Crippen LogP contribution in [0.5, 0.6) is 0 Å². The Morgan fingerprint density at radius 3 is 2.79 bits per heavy atom. The zero-order valence-corrected chi connectivity index (χ0v) is 9.23. The molecule has 14 heavy (non-hydrogen) atoms. The summed E-state index contributed by atoms with van der Waals surface area (Å²) < 4.78 is 24.5. The monoisotopic (exact) mass is 239 g/mol. The van der Waals surface area contributed by atoms with Crippen molar-refractivity contribution in [2.45, 2.75) is 6.42 Å². The van der Waals surface area contributed by atoms with Crippen molar-refractivity contribution < 1.29 is 18.3 Å². The van der Waals surface area contributed by atoms with Crippen LogP contribution in [-0.2, 0) is 14.8 Å². The standard InChI is InChI=1S/C7H13NO4S2/c9-7(10)5-14(11,12)8-3-6-1-2-13-4-6/h6,8H,1-5H2,(H,9,10). The Balaban J connectivity index is 2.32. The molecule has 7 heteroatoms.